The average Bonchev–Trinajstić information content (AvgIpc) is 3.21. The number of carbonyl (C=O) groups excluding carboxylic acids is 1. The number of ether oxygens (including phenoxy) is 2. The van der Waals surface area contributed by atoms with Crippen molar-refractivity contribution in [1.82, 2.24) is 19.3 Å². The molecule has 1 amide bonds. The van der Waals surface area contributed by atoms with Crippen LogP contribution in [0.15, 0.2) is 42.9 Å². The van der Waals surface area contributed by atoms with E-state index in [1.54, 1.807) is 6.20 Å². The van der Waals surface area contributed by atoms with Crippen molar-refractivity contribution < 1.29 is 32.8 Å². The standard InChI is InChI=1S/C25H32N6O3.V/c1-18-15-30-10-9-26-22(30)23(27-18)31(24(32)34-25(2,3)4)20-7-5-19(6-8-20)28-11-13-29(14-12-28)21-16-33-17-21;/h5-10,15,21H,11-14,16-17H2,1-4H3;. The van der Waals surface area contributed by atoms with Crippen LogP contribution in [0, 0.1) is 6.92 Å². The number of piperazine rings is 1. The minimum atomic E-state index is -0.643. The Kier molecular flexibility index (Phi) is 7.42. The normalized spacial score (nSPS) is 17.1. The summed E-state index contributed by atoms with van der Waals surface area (Å²) in [7, 11) is 0. The molecule has 185 valence electrons. The molecular weight excluding hydrogens is 483 g/mol. The van der Waals surface area contributed by atoms with Crippen molar-refractivity contribution in [3.63, 3.8) is 0 Å². The van der Waals surface area contributed by atoms with E-state index in [1.165, 1.54) is 4.90 Å². The minimum Gasteiger partial charge on any atom is -0.443 e. The quantitative estimate of drug-likeness (QED) is 0.525. The van der Waals surface area contributed by atoms with Crippen molar-refractivity contribution in [2.75, 3.05) is 49.2 Å². The number of hydrogen-bond donors (Lipinski definition) is 0. The van der Waals surface area contributed by atoms with Crippen molar-refractivity contribution in [2.45, 2.75) is 39.3 Å². The molecule has 2 aliphatic rings. The van der Waals surface area contributed by atoms with Crippen LogP contribution in [-0.2, 0) is 28.0 Å². The predicted octanol–water partition coefficient (Wildman–Crippen LogP) is 3.63. The van der Waals surface area contributed by atoms with Crippen LogP contribution < -0.4 is 9.80 Å². The molecule has 2 aromatic heterocycles. The number of rotatable bonds is 4. The van der Waals surface area contributed by atoms with E-state index in [4.69, 9.17) is 9.47 Å². The van der Waals surface area contributed by atoms with Gasteiger partial charge in [-0.05, 0) is 52.0 Å². The number of aromatic nitrogens is 3. The summed E-state index contributed by atoms with van der Waals surface area (Å²) in [5.41, 5.74) is 2.56. The molecule has 0 atom stereocenters. The number of benzene rings is 1. The molecule has 1 aromatic carbocycles. The fourth-order valence-corrected chi connectivity index (χ4v) is 4.40. The van der Waals surface area contributed by atoms with Gasteiger partial charge in [0, 0.05) is 69.0 Å². The molecular formula is C25H32N6O3V. The van der Waals surface area contributed by atoms with Crippen molar-refractivity contribution in [3.8, 4) is 0 Å². The van der Waals surface area contributed by atoms with Crippen molar-refractivity contribution in [3.05, 3.63) is 48.5 Å². The SMILES string of the molecule is Cc1cn2ccnc2c(N(C(=O)OC(C)(C)C)c2ccc(N3CCN(C4COC4)CC3)cc2)n1.[V]. The third kappa shape index (κ3) is 5.48. The summed E-state index contributed by atoms with van der Waals surface area (Å²) in [6.45, 7) is 13.2. The molecule has 0 N–H and O–H groups in total. The van der Waals surface area contributed by atoms with E-state index in [-0.39, 0.29) is 18.6 Å². The summed E-state index contributed by atoms with van der Waals surface area (Å²) >= 11 is 0. The fourth-order valence-electron chi connectivity index (χ4n) is 4.40. The average molecular weight is 516 g/mol. The number of amides is 1. The van der Waals surface area contributed by atoms with Crippen molar-refractivity contribution in [1.29, 1.82) is 0 Å². The van der Waals surface area contributed by atoms with Gasteiger partial charge in [-0.1, -0.05) is 0 Å². The second-order valence-corrected chi connectivity index (χ2v) is 9.91. The molecule has 0 unspecified atom stereocenters. The molecule has 9 nitrogen and oxygen atoms in total. The maximum Gasteiger partial charge on any atom is 0.420 e. The summed E-state index contributed by atoms with van der Waals surface area (Å²) in [5.74, 6) is 0.448. The number of anilines is 3. The van der Waals surface area contributed by atoms with Crippen LogP contribution in [-0.4, -0.2) is 76.4 Å². The molecule has 0 spiro atoms. The number of fused-ring (bicyclic) bond motifs is 1. The maximum absolute atomic E-state index is 13.4. The van der Waals surface area contributed by atoms with Crippen LogP contribution >= 0.6 is 0 Å². The Labute approximate surface area is 217 Å². The first kappa shape index (κ1) is 25.5. The van der Waals surface area contributed by atoms with Crippen LogP contribution in [0.1, 0.15) is 26.5 Å². The zero-order chi connectivity index (χ0) is 23.9. The van der Waals surface area contributed by atoms with Crippen molar-refractivity contribution in [2.24, 2.45) is 0 Å². The Morgan fingerprint density at radius 3 is 2.40 bits per heavy atom. The molecule has 5 rings (SSSR count). The molecule has 2 fully saturated rings. The molecule has 0 aliphatic carbocycles. The van der Waals surface area contributed by atoms with E-state index >= 15 is 0 Å². The molecule has 1 radical (unpaired) electrons. The Hall–Kier alpha value is -2.59. The Morgan fingerprint density at radius 1 is 1.11 bits per heavy atom. The van der Waals surface area contributed by atoms with Gasteiger partial charge >= 0.3 is 6.09 Å². The summed E-state index contributed by atoms with van der Waals surface area (Å²) in [6, 6.07) is 8.61. The molecule has 0 saturated carbocycles. The van der Waals surface area contributed by atoms with E-state index in [0.29, 0.717) is 23.2 Å². The molecule has 35 heavy (non-hydrogen) atoms. The monoisotopic (exact) mass is 515 g/mol. The minimum absolute atomic E-state index is 0. The second kappa shape index (κ2) is 10.2. The van der Waals surface area contributed by atoms with Gasteiger partial charge in [-0.2, -0.15) is 0 Å². The van der Waals surface area contributed by atoms with Gasteiger partial charge in [0.05, 0.1) is 30.6 Å². The predicted molar refractivity (Wildman–Crippen MR) is 131 cm³/mol. The first-order chi connectivity index (χ1) is 16.3. The fraction of sp³-hybridized carbons (Fsp3) is 0.480. The second-order valence-electron chi connectivity index (χ2n) is 9.91. The maximum atomic E-state index is 13.4. The van der Waals surface area contributed by atoms with Gasteiger partial charge in [0.2, 0.25) is 0 Å². The van der Waals surface area contributed by atoms with Gasteiger partial charge in [0.25, 0.3) is 0 Å². The largest absolute Gasteiger partial charge is 0.443 e. The van der Waals surface area contributed by atoms with Gasteiger partial charge in [0.1, 0.15) is 5.60 Å². The third-order valence-corrected chi connectivity index (χ3v) is 6.19. The van der Waals surface area contributed by atoms with Gasteiger partial charge in [-0.25, -0.2) is 19.7 Å². The zero-order valence-electron chi connectivity index (χ0n) is 20.7. The van der Waals surface area contributed by atoms with Crippen LogP contribution in [0.4, 0.5) is 22.0 Å². The van der Waals surface area contributed by atoms with Crippen LogP contribution in [0.2, 0.25) is 0 Å². The van der Waals surface area contributed by atoms with E-state index < -0.39 is 11.7 Å². The van der Waals surface area contributed by atoms with Gasteiger partial charge in [0.15, 0.2) is 11.5 Å². The summed E-state index contributed by atoms with van der Waals surface area (Å²) < 4.78 is 13.0. The van der Waals surface area contributed by atoms with Crippen LogP contribution in [0.25, 0.3) is 5.65 Å². The number of nitrogens with zero attached hydrogens (tertiary/aromatic N) is 6. The van der Waals surface area contributed by atoms with Crippen molar-refractivity contribution >= 4 is 28.9 Å². The Balaban J connectivity index is 0.00000289. The number of hydrogen-bond acceptors (Lipinski definition) is 7. The molecule has 0 bridgehead atoms. The number of aryl methyl sites for hydroxylation is 1. The molecule has 10 heteroatoms. The molecule has 2 aliphatic heterocycles. The Bertz CT molecular complexity index is 1160. The zero-order valence-corrected chi connectivity index (χ0v) is 22.1. The molecule has 2 saturated heterocycles. The van der Waals surface area contributed by atoms with E-state index in [0.717, 1.165) is 50.8 Å². The van der Waals surface area contributed by atoms with Crippen LogP contribution in [0.5, 0.6) is 0 Å². The van der Waals surface area contributed by atoms with Gasteiger partial charge < -0.3 is 18.8 Å². The Morgan fingerprint density at radius 2 is 1.80 bits per heavy atom. The van der Waals surface area contributed by atoms with Gasteiger partial charge in [-0.3, -0.25) is 4.90 Å². The number of imidazole rings is 1. The summed E-state index contributed by atoms with van der Waals surface area (Å²) in [5, 5.41) is 0. The first-order valence-corrected chi connectivity index (χ1v) is 11.8. The van der Waals surface area contributed by atoms with Crippen LogP contribution in [0.3, 0.4) is 0 Å². The van der Waals surface area contributed by atoms with E-state index in [9.17, 15) is 4.79 Å². The van der Waals surface area contributed by atoms with Gasteiger partial charge in [-0.15, -0.1) is 0 Å². The first-order valence-electron chi connectivity index (χ1n) is 11.8. The van der Waals surface area contributed by atoms with E-state index in [2.05, 4.69) is 31.9 Å². The summed E-state index contributed by atoms with van der Waals surface area (Å²) in [6.07, 6.45) is 4.95. The van der Waals surface area contributed by atoms with E-state index in [1.807, 2.05) is 56.6 Å². The molecule has 4 heterocycles. The molecule has 3 aromatic rings. The summed E-state index contributed by atoms with van der Waals surface area (Å²) in [4.78, 5) is 28.9. The topological polar surface area (TPSA) is 75.4 Å². The number of carbonyl (C=O) groups is 1. The third-order valence-electron chi connectivity index (χ3n) is 6.19. The smallest absolute Gasteiger partial charge is 0.420 e.